The first-order valence-electron chi connectivity index (χ1n) is 5.85. The van der Waals surface area contributed by atoms with Gasteiger partial charge in [-0.2, -0.15) is 0 Å². The third-order valence-corrected chi connectivity index (χ3v) is 3.81. The molecule has 0 fully saturated rings. The number of rotatable bonds is 5. The highest BCUT2D eigenvalue weighted by Crippen LogP contribution is 2.29. The quantitative estimate of drug-likeness (QED) is 0.891. The molecule has 1 N–H and O–H groups in total. The molecule has 1 aromatic rings. The second-order valence-corrected chi connectivity index (χ2v) is 5.90. The van der Waals surface area contributed by atoms with Gasteiger partial charge in [-0.3, -0.25) is 0 Å². The summed E-state index contributed by atoms with van der Waals surface area (Å²) in [4.78, 5) is 0. The molecule has 0 aliphatic heterocycles. The summed E-state index contributed by atoms with van der Waals surface area (Å²) in [6.07, 6.45) is 1.08. The summed E-state index contributed by atoms with van der Waals surface area (Å²) in [6.45, 7) is 6.10. The molecule has 1 unspecified atom stereocenters. The van der Waals surface area contributed by atoms with Crippen LogP contribution in [-0.2, 0) is 4.74 Å². The summed E-state index contributed by atoms with van der Waals surface area (Å²) < 4.78 is 6.32. The third kappa shape index (κ3) is 4.41. The zero-order valence-corrected chi connectivity index (χ0v) is 12.5. The van der Waals surface area contributed by atoms with Crippen LogP contribution in [0.1, 0.15) is 43.9 Å². The Kier molecular flexibility index (Phi) is 5.17. The molecule has 17 heavy (non-hydrogen) atoms. The van der Waals surface area contributed by atoms with E-state index in [0.717, 1.165) is 22.0 Å². The maximum Gasteiger partial charge on any atom is 0.0802 e. The lowest BCUT2D eigenvalue weighted by atomic mass is 9.96. The van der Waals surface area contributed by atoms with Crippen molar-refractivity contribution in [3.8, 4) is 0 Å². The summed E-state index contributed by atoms with van der Waals surface area (Å²) >= 11 is 3.48. The fourth-order valence-electron chi connectivity index (χ4n) is 1.66. The van der Waals surface area contributed by atoms with E-state index in [9.17, 15) is 5.11 Å². The molecule has 0 radical (unpaired) electrons. The fraction of sp³-hybridized carbons (Fsp3) is 0.571. The number of aliphatic hydroxyl groups excluding tert-OH is 1. The molecule has 1 aromatic carbocycles. The van der Waals surface area contributed by atoms with Crippen molar-refractivity contribution < 1.29 is 9.84 Å². The minimum absolute atomic E-state index is 0.183. The molecule has 1 rings (SSSR count). The lowest BCUT2D eigenvalue weighted by Gasteiger charge is -2.24. The van der Waals surface area contributed by atoms with Crippen LogP contribution in [0.5, 0.6) is 0 Å². The molecular weight excluding hydrogens is 280 g/mol. The molecule has 0 heterocycles. The zero-order chi connectivity index (χ0) is 13.1. The summed E-state index contributed by atoms with van der Waals surface area (Å²) in [5.41, 5.74) is 1.93. The third-order valence-electron chi connectivity index (χ3n) is 3.08. The van der Waals surface area contributed by atoms with Crippen molar-refractivity contribution in [1.29, 1.82) is 0 Å². The van der Waals surface area contributed by atoms with E-state index in [1.54, 1.807) is 7.11 Å². The van der Waals surface area contributed by atoms with Gasteiger partial charge in [-0.05, 0) is 45.2 Å². The minimum Gasteiger partial charge on any atom is -0.388 e. The molecule has 0 aliphatic carbocycles. The standard InChI is InChI=1S/C14H21BrO2/c1-10-5-6-12(15)11(9-10)13(16)7-8-14(2,3)17-4/h5-6,9,13,16H,7-8H2,1-4H3. The number of aryl methyl sites for hydroxylation is 1. The van der Waals surface area contributed by atoms with Gasteiger partial charge < -0.3 is 9.84 Å². The van der Waals surface area contributed by atoms with Crippen molar-refractivity contribution in [3.05, 3.63) is 33.8 Å². The Morgan fingerprint density at radius 3 is 2.65 bits per heavy atom. The Bertz CT molecular complexity index is 374. The van der Waals surface area contributed by atoms with Gasteiger partial charge in [-0.1, -0.05) is 33.6 Å². The summed E-state index contributed by atoms with van der Waals surface area (Å²) in [5, 5.41) is 10.2. The second-order valence-electron chi connectivity index (χ2n) is 5.04. The van der Waals surface area contributed by atoms with Gasteiger partial charge in [-0.25, -0.2) is 0 Å². The smallest absolute Gasteiger partial charge is 0.0802 e. The van der Waals surface area contributed by atoms with Crippen LogP contribution < -0.4 is 0 Å². The van der Waals surface area contributed by atoms with Gasteiger partial charge in [0.1, 0.15) is 0 Å². The summed E-state index contributed by atoms with van der Waals surface area (Å²) in [7, 11) is 1.70. The van der Waals surface area contributed by atoms with Gasteiger partial charge in [0, 0.05) is 11.6 Å². The van der Waals surface area contributed by atoms with E-state index in [1.165, 1.54) is 0 Å². The normalized spacial score (nSPS) is 13.8. The van der Waals surface area contributed by atoms with Crippen molar-refractivity contribution in [2.45, 2.75) is 45.3 Å². The van der Waals surface area contributed by atoms with Crippen LogP contribution >= 0.6 is 15.9 Å². The highest BCUT2D eigenvalue weighted by atomic mass is 79.9. The number of methoxy groups -OCH3 is 1. The topological polar surface area (TPSA) is 29.5 Å². The number of benzene rings is 1. The first-order chi connectivity index (χ1) is 7.85. The first-order valence-corrected chi connectivity index (χ1v) is 6.64. The van der Waals surface area contributed by atoms with Crippen molar-refractivity contribution in [3.63, 3.8) is 0 Å². The number of hydrogen-bond acceptors (Lipinski definition) is 2. The molecule has 96 valence electrons. The molecule has 0 aliphatic rings. The fourth-order valence-corrected chi connectivity index (χ4v) is 2.17. The van der Waals surface area contributed by atoms with Crippen LogP contribution in [0.15, 0.2) is 22.7 Å². The molecule has 0 saturated heterocycles. The van der Waals surface area contributed by atoms with E-state index in [2.05, 4.69) is 15.9 Å². The van der Waals surface area contributed by atoms with Crippen molar-refractivity contribution in [2.24, 2.45) is 0 Å². The lowest BCUT2D eigenvalue weighted by molar-refractivity contribution is 0.00272. The monoisotopic (exact) mass is 300 g/mol. The largest absolute Gasteiger partial charge is 0.388 e. The maximum atomic E-state index is 10.2. The molecule has 0 bridgehead atoms. The highest BCUT2D eigenvalue weighted by molar-refractivity contribution is 9.10. The Hall–Kier alpha value is -0.380. The Morgan fingerprint density at radius 1 is 1.41 bits per heavy atom. The van der Waals surface area contributed by atoms with Crippen molar-refractivity contribution in [2.75, 3.05) is 7.11 Å². The molecule has 1 atom stereocenters. The number of aliphatic hydroxyl groups is 1. The zero-order valence-electron chi connectivity index (χ0n) is 11.0. The van der Waals surface area contributed by atoms with E-state index < -0.39 is 6.10 Å². The molecule has 0 amide bonds. The number of hydrogen-bond donors (Lipinski definition) is 1. The van der Waals surface area contributed by atoms with Crippen LogP contribution in [0.4, 0.5) is 0 Å². The van der Waals surface area contributed by atoms with E-state index in [1.807, 2.05) is 39.0 Å². The lowest BCUT2D eigenvalue weighted by Crippen LogP contribution is -2.23. The van der Waals surface area contributed by atoms with Crippen molar-refractivity contribution >= 4 is 15.9 Å². The molecule has 0 spiro atoms. The van der Waals surface area contributed by atoms with Crippen LogP contribution in [0.25, 0.3) is 0 Å². The van der Waals surface area contributed by atoms with Gasteiger partial charge in [0.05, 0.1) is 11.7 Å². The van der Waals surface area contributed by atoms with Gasteiger partial charge in [-0.15, -0.1) is 0 Å². The Morgan fingerprint density at radius 2 is 2.06 bits per heavy atom. The van der Waals surface area contributed by atoms with E-state index in [0.29, 0.717) is 6.42 Å². The van der Waals surface area contributed by atoms with E-state index >= 15 is 0 Å². The minimum atomic E-state index is -0.446. The Balaban J connectivity index is 2.70. The van der Waals surface area contributed by atoms with E-state index in [-0.39, 0.29) is 5.60 Å². The van der Waals surface area contributed by atoms with Gasteiger partial charge in [0.2, 0.25) is 0 Å². The molecular formula is C14H21BrO2. The molecule has 0 aromatic heterocycles. The highest BCUT2D eigenvalue weighted by Gasteiger charge is 2.20. The predicted molar refractivity (Wildman–Crippen MR) is 74.2 cm³/mol. The van der Waals surface area contributed by atoms with Crippen molar-refractivity contribution in [1.82, 2.24) is 0 Å². The maximum absolute atomic E-state index is 10.2. The SMILES string of the molecule is COC(C)(C)CCC(O)c1cc(C)ccc1Br. The number of halogens is 1. The molecule has 3 heteroatoms. The second kappa shape index (κ2) is 5.98. The molecule has 2 nitrogen and oxygen atoms in total. The van der Waals surface area contributed by atoms with Crippen LogP contribution in [0.3, 0.4) is 0 Å². The van der Waals surface area contributed by atoms with Crippen LogP contribution in [0, 0.1) is 6.92 Å². The number of ether oxygens (including phenoxy) is 1. The Labute approximate surface area is 112 Å². The van der Waals surface area contributed by atoms with Gasteiger partial charge >= 0.3 is 0 Å². The van der Waals surface area contributed by atoms with Crippen LogP contribution in [0.2, 0.25) is 0 Å². The van der Waals surface area contributed by atoms with E-state index in [4.69, 9.17) is 4.74 Å². The van der Waals surface area contributed by atoms with Gasteiger partial charge in [0.25, 0.3) is 0 Å². The molecule has 0 saturated carbocycles. The summed E-state index contributed by atoms with van der Waals surface area (Å²) in [5.74, 6) is 0. The van der Waals surface area contributed by atoms with Gasteiger partial charge in [0.15, 0.2) is 0 Å². The summed E-state index contributed by atoms with van der Waals surface area (Å²) in [6, 6.07) is 6.03. The first kappa shape index (κ1) is 14.7. The average Bonchev–Trinajstić information content (AvgIpc) is 2.29. The predicted octanol–water partition coefficient (Wildman–Crippen LogP) is 4.00. The van der Waals surface area contributed by atoms with Crippen LogP contribution in [-0.4, -0.2) is 17.8 Å². The average molecular weight is 301 g/mol.